The summed E-state index contributed by atoms with van der Waals surface area (Å²) < 4.78 is 0. The van der Waals surface area contributed by atoms with E-state index >= 15 is 0 Å². The zero-order chi connectivity index (χ0) is 16.6. The second-order valence-electron chi connectivity index (χ2n) is 5.61. The van der Waals surface area contributed by atoms with Crippen molar-refractivity contribution in [2.24, 2.45) is 0 Å². The van der Waals surface area contributed by atoms with Gasteiger partial charge in [-0.05, 0) is 43.2 Å². The van der Waals surface area contributed by atoms with E-state index in [1.807, 2.05) is 53.6 Å². The fourth-order valence-corrected chi connectivity index (χ4v) is 2.93. The highest BCUT2D eigenvalue weighted by Gasteiger charge is 2.27. The normalized spacial score (nSPS) is 17.0. The van der Waals surface area contributed by atoms with Gasteiger partial charge in [0.2, 0.25) is 0 Å². The lowest BCUT2D eigenvalue weighted by atomic mass is 10.2. The van der Waals surface area contributed by atoms with Gasteiger partial charge in [0.05, 0.1) is 15.7 Å². The third kappa shape index (κ3) is 3.09. The number of pyridine rings is 1. The summed E-state index contributed by atoms with van der Waals surface area (Å²) in [5.74, 6) is 0.870. The zero-order valence-electron chi connectivity index (χ0n) is 13.2. The highest BCUT2D eigenvalue weighted by Crippen LogP contribution is 2.33. The lowest BCUT2D eigenvalue weighted by Gasteiger charge is -2.31. The molecular formula is C17H18Cl2N4. The monoisotopic (exact) mass is 348 g/mol. The molecule has 1 aliphatic rings. The molecule has 1 N–H and O–H groups in total. The lowest BCUT2D eigenvalue weighted by molar-refractivity contribution is 0.391. The summed E-state index contributed by atoms with van der Waals surface area (Å²) in [5, 5.41) is 4.57. The summed E-state index contributed by atoms with van der Waals surface area (Å²) in [6.07, 6.45) is 5.71. The molecule has 2 heterocycles. The van der Waals surface area contributed by atoms with E-state index in [4.69, 9.17) is 23.2 Å². The quantitative estimate of drug-likeness (QED) is 0.876. The SMILES string of the molecule is Cc1cnc(N2C=CN(C)C2Nc2c(Cl)cccc2Cl)cc1C. The third-order valence-corrected chi connectivity index (χ3v) is 4.60. The topological polar surface area (TPSA) is 31.4 Å². The van der Waals surface area contributed by atoms with Crippen LogP contribution in [0.2, 0.25) is 10.0 Å². The van der Waals surface area contributed by atoms with Crippen LogP contribution in [-0.2, 0) is 0 Å². The van der Waals surface area contributed by atoms with Crippen LogP contribution in [0.15, 0.2) is 42.9 Å². The fourth-order valence-electron chi connectivity index (χ4n) is 2.42. The van der Waals surface area contributed by atoms with E-state index in [9.17, 15) is 0 Å². The van der Waals surface area contributed by atoms with Crippen molar-refractivity contribution >= 4 is 34.7 Å². The van der Waals surface area contributed by atoms with Crippen molar-refractivity contribution in [2.45, 2.75) is 20.1 Å². The number of rotatable bonds is 3. The molecule has 1 aliphatic heterocycles. The average molecular weight is 349 g/mol. The molecule has 0 bridgehead atoms. The van der Waals surface area contributed by atoms with Crippen LogP contribution in [0.3, 0.4) is 0 Å². The molecule has 0 saturated heterocycles. The molecule has 6 heteroatoms. The molecular weight excluding hydrogens is 331 g/mol. The van der Waals surface area contributed by atoms with Gasteiger partial charge < -0.3 is 10.2 Å². The van der Waals surface area contributed by atoms with E-state index in [1.54, 1.807) is 0 Å². The maximum Gasteiger partial charge on any atom is 0.183 e. The molecule has 2 aromatic rings. The summed E-state index contributed by atoms with van der Waals surface area (Å²) in [7, 11) is 1.99. The Morgan fingerprint density at radius 3 is 2.43 bits per heavy atom. The van der Waals surface area contributed by atoms with Crippen molar-refractivity contribution in [1.82, 2.24) is 9.88 Å². The number of hydrogen-bond acceptors (Lipinski definition) is 4. The number of aromatic nitrogens is 1. The number of para-hydroxylation sites is 1. The van der Waals surface area contributed by atoms with Crippen LogP contribution in [0.4, 0.5) is 11.5 Å². The van der Waals surface area contributed by atoms with E-state index in [1.165, 1.54) is 11.1 Å². The summed E-state index contributed by atoms with van der Waals surface area (Å²) in [6.45, 7) is 4.13. The van der Waals surface area contributed by atoms with Gasteiger partial charge in [-0.2, -0.15) is 0 Å². The first-order chi connectivity index (χ1) is 11.0. The summed E-state index contributed by atoms with van der Waals surface area (Å²) in [5.41, 5.74) is 3.08. The Morgan fingerprint density at radius 2 is 1.78 bits per heavy atom. The van der Waals surface area contributed by atoms with E-state index in [2.05, 4.69) is 30.2 Å². The van der Waals surface area contributed by atoms with Crippen LogP contribution in [0.1, 0.15) is 11.1 Å². The molecule has 0 spiro atoms. The second-order valence-corrected chi connectivity index (χ2v) is 6.43. The Hall–Kier alpha value is -1.91. The van der Waals surface area contributed by atoms with Crippen LogP contribution in [0, 0.1) is 13.8 Å². The van der Waals surface area contributed by atoms with E-state index < -0.39 is 0 Å². The van der Waals surface area contributed by atoms with E-state index in [-0.39, 0.29) is 6.29 Å². The minimum Gasteiger partial charge on any atom is -0.345 e. The first kappa shape index (κ1) is 16.0. The molecule has 1 aromatic carbocycles. The molecule has 0 radical (unpaired) electrons. The first-order valence-corrected chi connectivity index (χ1v) is 8.05. The van der Waals surface area contributed by atoms with E-state index in [0.717, 1.165) is 5.82 Å². The van der Waals surface area contributed by atoms with Crippen molar-refractivity contribution in [3.05, 3.63) is 64.0 Å². The highest BCUT2D eigenvalue weighted by atomic mass is 35.5. The smallest absolute Gasteiger partial charge is 0.183 e. The number of aryl methyl sites for hydroxylation is 2. The Balaban J connectivity index is 1.92. The maximum atomic E-state index is 6.28. The van der Waals surface area contributed by atoms with Crippen molar-refractivity contribution in [3.63, 3.8) is 0 Å². The molecule has 1 unspecified atom stereocenters. The highest BCUT2D eigenvalue weighted by molar-refractivity contribution is 6.39. The van der Waals surface area contributed by atoms with Gasteiger partial charge in [-0.25, -0.2) is 4.98 Å². The second kappa shape index (κ2) is 6.30. The number of benzene rings is 1. The summed E-state index contributed by atoms with van der Waals surface area (Å²) >= 11 is 12.6. The predicted octanol–water partition coefficient (Wildman–Crippen LogP) is 4.62. The largest absolute Gasteiger partial charge is 0.345 e. The van der Waals surface area contributed by atoms with Crippen molar-refractivity contribution in [2.75, 3.05) is 17.3 Å². The minimum absolute atomic E-state index is 0.151. The van der Waals surface area contributed by atoms with Gasteiger partial charge in [-0.1, -0.05) is 29.3 Å². The van der Waals surface area contributed by atoms with Crippen LogP contribution in [-0.4, -0.2) is 23.2 Å². The van der Waals surface area contributed by atoms with Crippen LogP contribution in [0.5, 0.6) is 0 Å². The fraction of sp³-hybridized carbons (Fsp3) is 0.235. The van der Waals surface area contributed by atoms with Gasteiger partial charge in [0.1, 0.15) is 5.82 Å². The van der Waals surface area contributed by atoms with Gasteiger partial charge in [0.15, 0.2) is 6.29 Å². The summed E-state index contributed by atoms with van der Waals surface area (Å²) in [6, 6.07) is 7.53. The number of anilines is 2. The molecule has 1 aromatic heterocycles. The van der Waals surface area contributed by atoms with Crippen molar-refractivity contribution in [1.29, 1.82) is 0 Å². The molecule has 0 saturated carbocycles. The number of halogens is 2. The predicted molar refractivity (Wildman–Crippen MR) is 97.0 cm³/mol. The van der Waals surface area contributed by atoms with Crippen LogP contribution in [0.25, 0.3) is 0 Å². The molecule has 0 aliphatic carbocycles. The van der Waals surface area contributed by atoms with Gasteiger partial charge in [0.25, 0.3) is 0 Å². The molecule has 1 atom stereocenters. The molecule has 120 valence electrons. The van der Waals surface area contributed by atoms with Gasteiger partial charge in [-0.3, -0.25) is 4.90 Å². The molecule has 0 fully saturated rings. The Labute approximate surface area is 146 Å². The number of hydrogen-bond donors (Lipinski definition) is 1. The van der Waals surface area contributed by atoms with Crippen molar-refractivity contribution in [3.8, 4) is 0 Å². The number of nitrogens with zero attached hydrogens (tertiary/aromatic N) is 3. The Kier molecular flexibility index (Phi) is 4.37. The van der Waals surface area contributed by atoms with Gasteiger partial charge in [0, 0.05) is 25.6 Å². The minimum atomic E-state index is -0.151. The first-order valence-electron chi connectivity index (χ1n) is 7.30. The summed E-state index contributed by atoms with van der Waals surface area (Å²) in [4.78, 5) is 8.62. The molecule has 0 amide bonds. The molecule has 4 nitrogen and oxygen atoms in total. The molecule has 3 rings (SSSR count). The van der Waals surface area contributed by atoms with Gasteiger partial charge >= 0.3 is 0 Å². The standard InChI is InChI=1S/C17H18Cl2N4/c1-11-9-15(20-10-12(11)2)23-8-7-22(3)17(23)21-16-13(18)5-4-6-14(16)19/h4-10,17,21H,1-3H3. The van der Waals surface area contributed by atoms with Crippen molar-refractivity contribution < 1.29 is 0 Å². The number of nitrogens with one attached hydrogen (secondary N) is 1. The maximum absolute atomic E-state index is 6.28. The van der Waals surface area contributed by atoms with Gasteiger partial charge in [-0.15, -0.1) is 0 Å². The van der Waals surface area contributed by atoms with Crippen LogP contribution < -0.4 is 10.2 Å². The van der Waals surface area contributed by atoms with Crippen LogP contribution >= 0.6 is 23.2 Å². The third-order valence-electron chi connectivity index (χ3n) is 3.97. The Morgan fingerprint density at radius 1 is 1.09 bits per heavy atom. The lowest BCUT2D eigenvalue weighted by Crippen LogP contribution is -2.43. The van der Waals surface area contributed by atoms with E-state index in [0.29, 0.717) is 15.7 Å². The Bertz CT molecular complexity index is 740. The zero-order valence-corrected chi connectivity index (χ0v) is 14.7. The average Bonchev–Trinajstić information content (AvgIpc) is 2.87. The molecule has 23 heavy (non-hydrogen) atoms.